The summed E-state index contributed by atoms with van der Waals surface area (Å²) in [5.41, 5.74) is 0.728. The zero-order valence-electron chi connectivity index (χ0n) is 12.8. The Hall–Kier alpha value is -0.960. The van der Waals surface area contributed by atoms with Crippen LogP contribution in [0.25, 0.3) is 0 Å². The molecule has 0 saturated carbocycles. The summed E-state index contributed by atoms with van der Waals surface area (Å²) >= 11 is 3.32. The summed E-state index contributed by atoms with van der Waals surface area (Å²) in [5.74, 6) is 0.348. The van der Waals surface area contributed by atoms with Gasteiger partial charge < -0.3 is 9.84 Å². The number of benzene rings is 1. The predicted octanol–water partition coefficient (Wildman–Crippen LogP) is 2.52. The maximum Gasteiger partial charge on any atom is 0.241 e. The maximum absolute atomic E-state index is 12.2. The molecule has 1 aromatic heterocycles. The molecule has 23 heavy (non-hydrogen) atoms. The Kier molecular flexibility index (Phi) is 7.66. The normalized spacial score (nSPS) is 12.7. The van der Waals surface area contributed by atoms with Gasteiger partial charge in [0, 0.05) is 16.9 Å². The van der Waals surface area contributed by atoms with E-state index in [0.29, 0.717) is 12.2 Å². The summed E-state index contributed by atoms with van der Waals surface area (Å²) in [6.45, 7) is 1.99. The third-order valence-electron chi connectivity index (χ3n) is 3.13. The van der Waals surface area contributed by atoms with Crippen LogP contribution >= 0.6 is 28.3 Å². The zero-order valence-corrected chi connectivity index (χ0v) is 16.0. The molecule has 1 N–H and O–H groups in total. The third-order valence-corrected chi connectivity index (χ3v) is 5.12. The highest BCUT2D eigenvalue weighted by Gasteiger charge is 2.18. The fourth-order valence-corrected chi connectivity index (χ4v) is 3.44. The monoisotopic (exact) mass is 423 g/mol. The van der Waals surface area contributed by atoms with Crippen molar-refractivity contribution in [3.63, 3.8) is 0 Å². The molecule has 0 bridgehead atoms. The zero-order chi connectivity index (χ0) is 16.2. The van der Waals surface area contributed by atoms with E-state index in [1.54, 1.807) is 12.1 Å². The second-order valence-corrected chi connectivity index (χ2v) is 8.14. The lowest BCUT2D eigenvalue weighted by atomic mass is 10.2. The van der Waals surface area contributed by atoms with Gasteiger partial charge in [0.1, 0.15) is 5.75 Å². The summed E-state index contributed by atoms with van der Waals surface area (Å²) in [6.07, 6.45) is 0.590. The van der Waals surface area contributed by atoms with Crippen molar-refractivity contribution in [3.05, 3.63) is 46.0 Å². The molecular weight excluding hydrogens is 406 g/mol. The van der Waals surface area contributed by atoms with Crippen LogP contribution in [-0.4, -0.2) is 31.6 Å². The van der Waals surface area contributed by atoms with Gasteiger partial charge in [0.2, 0.25) is 5.89 Å². The second-order valence-electron chi connectivity index (χ2n) is 5.16. The maximum atomic E-state index is 12.2. The summed E-state index contributed by atoms with van der Waals surface area (Å²) in [7, 11) is -1.51. The average Bonchev–Trinajstić information content (AvgIpc) is 2.87. The van der Waals surface area contributed by atoms with Crippen LogP contribution in [0.2, 0.25) is 0 Å². The molecule has 0 aliphatic rings. The minimum atomic E-state index is -3.35. The summed E-state index contributed by atoms with van der Waals surface area (Å²) in [5, 5.41) is 6.87. The fourth-order valence-electron chi connectivity index (χ4n) is 1.88. The largest absolute Gasteiger partial charge is 0.338 e. The number of sulfone groups is 1. The quantitative estimate of drug-likeness (QED) is 0.735. The number of hydrogen-bond donors (Lipinski definition) is 1. The molecule has 1 atom stereocenters. The number of hydrogen-bond acceptors (Lipinski definition) is 6. The van der Waals surface area contributed by atoms with Gasteiger partial charge in [-0.15, -0.1) is 12.4 Å². The van der Waals surface area contributed by atoms with Gasteiger partial charge >= 0.3 is 0 Å². The van der Waals surface area contributed by atoms with Gasteiger partial charge in [-0.1, -0.05) is 33.2 Å². The van der Waals surface area contributed by atoms with Crippen LogP contribution in [0, 0.1) is 0 Å². The van der Waals surface area contributed by atoms with Crippen LogP contribution < -0.4 is 5.32 Å². The summed E-state index contributed by atoms with van der Waals surface area (Å²) in [6, 6.07) is 7.37. The van der Waals surface area contributed by atoms with Crippen molar-refractivity contribution in [2.75, 3.05) is 7.05 Å². The van der Waals surface area contributed by atoms with E-state index in [4.69, 9.17) is 4.52 Å². The minimum Gasteiger partial charge on any atom is -0.338 e. The van der Waals surface area contributed by atoms with Gasteiger partial charge in [-0.05, 0) is 31.7 Å². The Labute approximate surface area is 150 Å². The molecule has 128 valence electrons. The number of rotatable bonds is 7. The van der Waals surface area contributed by atoms with Crippen LogP contribution in [0.15, 0.2) is 33.3 Å². The van der Waals surface area contributed by atoms with Gasteiger partial charge in [0.15, 0.2) is 15.7 Å². The molecule has 0 amide bonds. The molecule has 2 aromatic rings. The van der Waals surface area contributed by atoms with Crippen LogP contribution in [0.1, 0.15) is 24.2 Å². The number of nitrogens with one attached hydrogen (secondary N) is 1. The first kappa shape index (κ1) is 20.1. The Bertz CT molecular complexity index is 719. The molecule has 0 saturated heterocycles. The molecule has 0 aliphatic heterocycles. The Morgan fingerprint density at radius 3 is 2.52 bits per heavy atom. The first-order valence-electron chi connectivity index (χ1n) is 6.81. The van der Waals surface area contributed by atoms with E-state index in [1.807, 2.05) is 26.1 Å². The van der Waals surface area contributed by atoms with E-state index >= 15 is 0 Å². The highest BCUT2D eigenvalue weighted by atomic mass is 79.9. The first-order chi connectivity index (χ1) is 10.4. The molecular formula is C14H19BrClN3O3S. The van der Waals surface area contributed by atoms with E-state index < -0.39 is 9.84 Å². The molecule has 1 aromatic carbocycles. The van der Waals surface area contributed by atoms with Crippen molar-refractivity contribution in [1.29, 1.82) is 0 Å². The molecule has 6 nitrogen and oxygen atoms in total. The minimum absolute atomic E-state index is 0. The lowest BCUT2D eigenvalue weighted by Crippen LogP contribution is -2.24. The van der Waals surface area contributed by atoms with Crippen molar-refractivity contribution < 1.29 is 12.9 Å². The highest BCUT2D eigenvalue weighted by Crippen LogP contribution is 2.15. The lowest BCUT2D eigenvalue weighted by Gasteiger charge is -2.04. The Morgan fingerprint density at radius 1 is 1.26 bits per heavy atom. The van der Waals surface area contributed by atoms with Gasteiger partial charge in [-0.25, -0.2) is 8.42 Å². The fraction of sp³-hybridized carbons (Fsp3) is 0.429. The Morgan fingerprint density at radius 2 is 1.91 bits per heavy atom. The number of aromatic nitrogens is 2. The molecule has 1 unspecified atom stereocenters. The van der Waals surface area contributed by atoms with Crippen LogP contribution in [-0.2, 0) is 27.8 Å². The van der Waals surface area contributed by atoms with Crippen molar-refractivity contribution in [2.24, 2.45) is 0 Å². The topological polar surface area (TPSA) is 85.1 Å². The molecule has 1 heterocycles. The molecule has 0 fully saturated rings. The van der Waals surface area contributed by atoms with E-state index in [9.17, 15) is 8.42 Å². The molecule has 0 spiro atoms. The van der Waals surface area contributed by atoms with Crippen molar-refractivity contribution in [2.45, 2.75) is 30.9 Å². The lowest BCUT2D eigenvalue weighted by molar-refractivity contribution is 0.380. The van der Waals surface area contributed by atoms with Crippen LogP contribution in [0.3, 0.4) is 0 Å². The van der Waals surface area contributed by atoms with E-state index in [2.05, 4.69) is 31.4 Å². The average molecular weight is 425 g/mol. The molecule has 9 heteroatoms. The number of likely N-dealkylation sites (N-methyl/N-ethyl adjacent to an activating group) is 1. The standard InChI is InChI=1S/C14H18BrN3O3S.ClH/c1-10(16-2)7-13-17-14(21-18-13)9-22(19,20)8-11-3-5-12(15)6-4-11;/h3-6,10,16H,7-9H2,1-2H3;1H. The van der Waals surface area contributed by atoms with Gasteiger partial charge in [-0.2, -0.15) is 4.98 Å². The van der Waals surface area contributed by atoms with Crippen molar-refractivity contribution in [3.8, 4) is 0 Å². The first-order valence-corrected chi connectivity index (χ1v) is 9.43. The molecule has 0 radical (unpaired) electrons. The summed E-state index contributed by atoms with van der Waals surface area (Å²) < 4.78 is 30.3. The number of halogens is 2. The second kappa shape index (κ2) is 8.77. The highest BCUT2D eigenvalue weighted by molar-refractivity contribution is 9.10. The van der Waals surface area contributed by atoms with Crippen molar-refractivity contribution in [1.82, 2.24) is 15.5 Å². The van der Waals surface area contributed by atoms with E-state index in [0.717, 1.165) is 10.0 Å². The summed E-state index contributed by atoms with van der Waals surface area (Å²) in [4.78, 5) is 4.13. The van der Waals surface area contributed by atoms with Crippen LogP contribution in [0.5, 0.6) is 0 Å². The van der Waals surface area contributed by atoms with Gasteiger partial charge in [-0.3, -0.25) is 0 Å². The smallest absolute Gasteiger partial charge is 0.241 e. The van der Waals surface area contributed by atoms with Gasteiger partial charge in [0.05, 0.1) is 5.75 Å². The van der Waals surface area contributed by atoms with E-state index in [1.165, 1.54) is 0 Å². The number of nitrogens with zero attached hydrogens (tertiary/aromatic N) is 2. The molecule has 0 aliphatic carbocycles. The van der Waals surface area contributed by atoms with Crippen molar-refractivity contribution >= 4 is 38.2 Å². The SMILES string of the molecule is CNC(C)Cc1noc(CS(=O)(=O)Cc2ccc(Br)cc2)n1.Cl. The Balaban J connectivity index is 0.00000264. The molecule has 2 rings (SSSR count). The third kappa shape index (κ3) is 6.58. The van der Waals surface area contributed by atoms with Gasteiger partial charge in [0.25, 0.3) is 0 Å². The van der Waals surface area contributed by atoms with Crippen LogP contribution in [0.4, 0.5) is 0 Å². The van der Waals surface area contributed by atoms with E-state index in [-0.39, 0.29) is 35.8 Å². The predicted molar refractivity (Wildman–Crippen MR) is 94.2 cm³/mol.